The number of fused-ring (bicyclic) bond motifs is 1. The standard InChI is InChI=1S/C24H22N2O4/c1-2-3-13-29-22(27)16-26-15-18(19-11-7-8-12-21(19)26)14-20-23(25-30-24(20)28)17-9-5-4-6-10-17/h4-12,14-15H,2-3,13,16H2,1H3. The predicted octanol–water partition coefficient (Wildman–Crippen LogP) is 4.33. The topological polar surface area (TPSA) is 69.9 Å². The smallest absolute Gasteiger partial charge is 0.368 e. The summed E-state index contributed by atoms with van der Waals surface area (Å²) in [7, 11) is 0. The van der Waals surface area contributed by atoms with Crippen LogP contribution in [0, 0.1) is 0 Å². The molecule has 1 aliphatic rings. The van der Waals surface area contributed by atoms with Gasteiger partial charge >= 0.3 is 11.9 Å². The van der Waals surface area contributed by atoms with E-state index in [1.54, 1.807) is 6.08 Å². The Hall–Kier alpha value is -3.67. The van der Waals surface area contributed by atoms with Crippen LogP contribution in [0.3, 0.4) is 0 Å². The van der Waals surface area contributed by atoms with Crippen LogP contribution >= 0.6 is 0 Å². The van der Waals surface area contributed by atoms with E-state index >= 15 is 0 Å². The van der Waals surface area contributed by atoms with Crippen molar-refractivity contribution in [2.24, 2.45) is 5.16 Å². The number of unbranched alkanes of at least 4 members (excludes halogenated alkanes) is 1. The van der Waals surface area contributed by atoms with Crippen molar-refractivity contribution in [1.29, 1.82) is 0 Å². The highest BCUT2D eigenvalue weighted by molar-refractivity contribution is 6.31. The number of carbonyl (C=O) groups is 2. The van der Waals surface area contributed by atoms with Crippen molar-refractivity contribution in [3.8, 4) is 0 Å². The molecule has 30 heavy (non-hydrogen) atoms. The van der Waals surface area contributed by atoms with E-state index < -0.39 is 5.97 Å². The van der Waals surface area contributed by atoms with Crippen LogP contribution < -0.4 is 0 Å². The van der Waals surface area contributed by atoms with E-state index in [0.717, 1.165) is 34.9 Å². The fourth-order valence-electron chi connectivity index (χ4n) is 3.41. The third-order valence-corrected chi connectivity index (χ3v) is 4.92. The molecule has 0 N–H and O–H groups in total. The second-order valence-corrected chi connectivity index (χ2v) is 7.05. The molecule has 2 heterocycles. The Kier molecular flexibility index (Phi) is 5.75. The number of rotatable bonds is 7. The first-order chi connectivity index (χ1) is 14.7. The number of hydrogen-bond donors (Lipinski definition) is 0. The molecule has 1 aromatic heterocycles. The summed E-state index contributed by atoms with van der Waals surface area (Å²) in [6.07, 6.45) is 5.44. The van der Waals surface area contributed by atoms with Gasteiger partial charge in [0.2, 0.25) is 0 Å². The molecule has 3 aromatic rings. The SMILES string of the molecule is CCCCOC(=O)Cn1cc(C=C2C(=O)ON=C2c2ccccc2)c2ccccc21. The lowest BCUT2D eigenvalue weighted by molar-refractivity contribution is -0.144. The number of esters is 1. The van der Waals surface area contributed by atoms with E-state index in [1.807, 2.05) is 72.3 Å². The van der Waals surface area contributed by atoms with Crippen molar-refractivity contribution in [2.45, 2.75) is 26.3 Å². The first-order valence-electron chi connectivity index (χ1n) is 9.97. The quantitative estimate of drug-likeness (QED) is 0.255. The van der Waals surface area contributed by atoms with Gasteiger partial charge in [-0.25, -0.2) is 4.79 Å². The molecular formula is C24H22N2O4. The number of hydrogen-bond acceptors (Lipinski definition) is 5. The van der Waals surface area contributed by atoms with E-state index in [2.05, 4.69) is 5.16 Å². The molecule has 0 fully saturated rings. The van der Waals surface area contributed by atoms with Gasteiger partial charge in [0, 0.05) is 28.2 Å². The van der Waals surface area contributed by atoms with Crippen LogP contribution in [0.25, 0.3) is 17.0 Å². The molecule has 4 rings (SSSR count). The highest BCUT2D eigenvalue weighted by atomic mass is 16.7. The zero-order valence-electron chi connectivity index (χ0n) is 16.7. The molecule has 6 heteroatoms. The zero-order valence-corrected chi connectivity index (χ0v) is 16.7. The van der Waals surface area contributed by atoms with Crippen molar-refractivity contribution in [3.05, 3.63) is 77.5 Å². The number of benzene rings is 2. The fourth-order valence-corrected chi connectivity index (χ4v) is 3.41. The van der Waals surface area contributed by atoms with Gasteiger partial charge in [0.25, 0.3) is 0 Å². The Morgan fingerprint density at radius 3 is 2.70 bits per heavy atom. The van der Waals surface area contributed by atoms with Gasteiger partial charge in [0.15, 0.2) is 0 Å². The van der Waals surface area contributed by atoms with E-state index in [9.17, 15) is 9.59 Å². The van der Waals surface area contributed by atoms with Crippen LogP contribution in [0.2, 0.25) is 0 Å². The molecule has 152 valence electrons. The molecule has 0 atom stereocenters. The minimum absolute atomic E-state index is 0.109. The van der Waals surface area contributed by atoms with Gasteiger partial charge in [0.05, 0.1) is 12.2 Å². The van der Waals surface area contributed by atoms with Crippen LogP contribution in [-0.4, -0.2) is 28.8 Å². The van der Waals surface area contributed by atoms with Crippen LogP contribution in [-0.2, 0) is 25.7 Å². The second kappa shape index (κ2) is 8.78. The van der Waals surface area contributed by atoms with Crippen LogP contribution in [0.4, 0.5) is 0 Å². The van der Waals surface area contributed by atoms with Gasteiger partial charge < -0.3 is 14.1 Å². The summed E-state index contributed by atoms with van der Waals surface area (Å²) < 4.78 is 7.14. The van der Waals surface area contributed by atoms with Gasteiger partial charge in [-0.05, 0) is 18.6 Å². The molecule has 1 aliphatic heterocycles. The van der Waals surface area contributed by atoms with Crippen molar-refractivity contribution >= 4 is 34.6 Å². The van der Waals surface area contributed by atoms with E-state index in [4.69, 9.17) is 9.57 Å². The maximum atomic E-state index is 12.3. The summed E-state index contributed by atoms with van der Waals surface area (Å²) >= 11 is 0. The number of oxime groups is 1. The van der Waals surface area contributed by atoms with Gasteiger partial charge in [0.1, 0.15) is 12.3 Å². The maximum Gasteiger partial charge on any atom is 0.368 e. The zero-order chi connectivity index (χ0) is 20.9. The number of carbonyl (C=O) groups excluding carboxylic acids is 2. The molecular weight excluding hydrogens is 380 g/mol. The first kappa shape index (κ1) is 19.6. The normalized spacial score (nSPS) is 14.8. The lowest BCUT2D eigenvalue weighted by atomic mass is 10.0. The van der Waals surface area contributed by atoms with Gasteiger partial charge in [-0.2, -0.15) is 0 Å². The third kappa shape index (κ3) is 4.03. The molecule has 0 saturated carbocycles. The average Bonchev–Trinajstić information content (AvgIpc) is 3.30. The van der Waals surface area contributed by atoms with Crippen molar-refractivity contribution in [2.75, 3.05) is 6.61 Å². The lowest BCUT2D eigenvalue weighted by Gasteiger charge is -2.06. The van der Waals surface area contributed by atoms with Crippen molar-refractivity contribution in [3.63, 3.8) is 0 Å². The molecule has 0 aliphatic carbocycles. The summed E-state index contributed by atoms with van der Waals surface area (Å²) in [6.45, 7) is 2.58. The Morgan fingerprint density at radius 2 is 1.90 bits per heavy atom. The van der Waals surface area contributed by atoms with E-state index in [0.29, 0.717) is 17.9 Å². The van der Waals surface area contributed by atoms with Crippen molar-refractivity contribution < 1.29 is 19.2 Å². The number of aromatic nitrogens is 1. The van der Waals surface area contributed by atoms with Gasteiger partial charge in [-0.3, -0.25) is 4.79 Å². The maximum absolute atomic E-state index is 12.3. The molecule has 0 amide bonds. The Balaban J connectivity index is 1.68. The highest BCUT2D eigenvalue weighted by Crippen LogP contribution is 2.27. The van der Waals surface area contributed by atoms with E-state index in [-0.39, 0.29) is 12.5 Å². The number of nitrogens with zero attached hydrogens (tertiary/aromatic N) is 2. The second-order valence-electron chi connectivity index (χ2n) is 7.05. The molecule has 0 bridgehead atoms. The largest absolute Gasteiger partial charge is 0.464 e. The first-order valence-corrected chi connectivity index (χ1v) is 9.97. The minimum atomic E-state index is -0.496. The Bertz CT molecular complexity index is 1140. The average molecular weight is 402 g/mol. The van der Waals surface area contributed by atoms with Crippen LogP contribution in [0.15, 0.2) is 71.5 Å². The highest BCUT2D eigenvalue weighted by Gasteiger charge is 2.27. The molecule has 0 spiro atoms. The van der Waals surface area contributed by atoms with Crippen LogP contribution in [0.1, 0.15) is 30.9 Å². The summed E-state index contributed by atoms with van der Waals surface area (Å²) in [5.41, 5.74) is 3.38. The van der Waals surface area contributed by atoms with E-state index in [1.165, 1.54) is 0 Å². The lowest BCUT2D eigenvalue weighted by Crippen LogP contribution is -2.13. The Morgan fingerprint density at radius 1 is 1.13 bits per heavy atom. The summed E-state index contributed by atoms with van der Waals surface area (Å²) in [4.78, 5) is 29.5. The number of para-hydroxylation sites is 1. The molecule has 2 aromatic carbocycles. The van der Waals surface area contributed by atoms with Gasteiger partial charge in [-0.1, -0.05) is 67.0 Å². The van der Waals surface area contributed by atoms with Gasteiger partial charge in [-0.15, -0.1) is 0 Å². The predicted molar refractivity (Wildman–Crippen MR) is 115 cm³/mol. The summed E-state index contributed by atoms with van der Waals surface area (Å²) in [5.74, 6) is -0.778. The molecule has 0 radical (unpaired) electrons. The monoisotopic (exact) mass is 402 g/mol. The summed E-state index contributed by atoms with van der Waals surface area (Å²) in [6, 6.07) is 17.2. The fraction of sp³-hybridized carbons (Fsp3) is 0.208. The van der Waals surface area contributed by atoms with Crippen molar-refractivity contribution in [1.82, 2.24) is 4.57 Å². The summed E-state index contributed by atoms with van der Waals surface area (Å²) in [5, 5.41) is 4.89. The molecule has 0 unspecified atom stereocenters. The Labute approximate surface area is 174 Å². The number of ether oxygens (including phenoxy) is 1. The molecule has 0 saturated heterocycles. The minimum Gasteiger partial charge on any atom is -0.464 e. The molecule has 6 nitrogen and oxygen atoms in total. The third-order valence-electron chi connectivity index (χ3n) is 4.92. The van der Waals surface area contributed by atoms with Crippen LogP contribution in [0.5, 0.6) is 0 Å².